The Morgan fingerprint density at radius 1 is 1.52 bits per heavy atom. The molecule has 2 aromatic heterocycles. The molecule has 2 aromatic rings. The van der Waals surface area contributed by atoms with Gasteiger partial charge in [0.15, 0.2) is 5.69 Å². The third-order valence-corrected chi connectivity index (χ3v) is 4.46. The van der Waals surface area contributed by atoms with Crippen molar-refractivity contribution in [3.63, 3.8) is 0 Å². The van der Waals surface area contributed by atoms with E-state index >= 15 is 0 Å². The Kier molecular flexibility index (Phi) is 4.63. The highest BCUT2D eigenvalue weighted by Crippen LogP contribution is 2.24. The van der Waals surface area contributed by atoms with Gasteiger partial charge in [-0.05, 0) is 19.4 Å². The maximum Gasteiger partial charge on any atom is 0.360 e. The zero-order chi connectivity index (χ0) is 16.4. The molecule has 124 valence electrons. The van der Waals surface area contributed by atoms with E-state index in [0.29, 0.717) is 5.02 Å². The predicted molar refractivity (Wildman–Crippen MR) is 83.1 cm³/mol. The number of methoxy groups -OCH3 is 1. The molecule has 8 nitrogen and oxygen atoms in total. The second-order valence-corrected chi connectivity index (χ2v) is 6.08. The van der Waals surface area contributed by atoms with Gasteiger partial charge in [0.25, 0.3) is 0 Å². The van der Waals surface area contributed by atoms with Crippen LogP contribution in [0.2, 0.25) is 5.02 Å². The van der Waals surface area contributed by atoms with Crippen LogP contribution < -0.4 is 0 Å². The molecule has 0 saturated carbocycles. The highest BCUT2D eigenvalue weighted by Gasteiger charge is 2.24. The third kappa shape index (κ3) is 3.37. The highest BCUT2D eigenvalue weighted by atomic mass is 35.5. The molecule has 9 heteroatoms. The lowest BCUT2D eigenvalue weighted by Crippen LogP contribution is -2.36. The van der Waals surface area contributed by atoms with Crippen LogP contribution in [0.3, 0.4) is 0 Å². The average molecular weight is 339 g/mol. The molecular weight excluding hydrogens is 320 g/mol. The van der Waals surface area contributed by atoms with E-state index < -0.39 is 5.97 Å². The first-order valence-corrected chi connectivity index (χ1v) is 7.85. The molecule has 1 aliphatic heterocycles. The molecule has 3 rings (SSSR count). The minimum atomic E-state index is -0.467. The molecule has 0 aromatic carbocycles. The quantitative estimate of drug-likeness (QED) is 0.782. The molecule has 1 atom stereocenters. The number of halogens is 1. The lowest BCUT2D eigenvalue weighted by Gasteiger charge is -2.32. The molecule has 0 unspecified atom stereocenters. The number of carbonyl (C=O) groups is 1. The SMILES string of the molecule is COC(=O)c1cn([C@@H]2CCCN(Cc3c(Cl)cnn3C)C2)nn1. The standard InChI is InChI=1S/C14H19ClN6O2/c1-19-13(11(15)6-16-19)9-20-5-3-4-10(7-20)21-8-12(17-18-21)14(22)23-2/h6,8,10H,3-5,7,9H2,1-2H3/t10-/m1/s1. The summed E-state index contributed by atoms with van der Waals surface area (Å²) in [6.45, 7) is 2.56. The van der Waals surface area contributed by atoms with Crippen LogP contribution in [0.25, 0.3) is 0 Å². The number of hydrogen-bond acceptors (Lipinski definition) is 6. The molecule has 0 N–H and O–H groups in total. The number of rotatable bonds is 4. The Hall–Kier alpha value is -1.93. The minimum Gasteiger partial charge on any atom is -0.464 e. The number of likely N-dealkylation sites (tertiary alicyclic amines) is 1. The molecule has 0 amide bonds. The van der Waals surface area contributed by atoms with Gasteiger partial charge in [-0.3, -0.25) is 9.58 Å². The van der Waals surface area contributed by atoms with Crippen LogP contribution in [0.1, 0.15) is 35.1 Å². The number of carbonyl (C=O) groups excluding carboxylic acids is 1. The van der Waals surface area contributed by atoms with Gasteiger partial charge in [-0.25, -0.2) is 9.48 Å². The van der Waals surface area contributed by atoms with Crippen molar-refractivity contribution >= 4 is 17.6 Å². The Morgan fingerprint density at radius 3 is 3.04 bits per heavy atom. The summed E-state index contributed by atoms with van der Waals surface area (Å²) in [5.41, 5.74) is 1.24. The topological polar surface area (TPSA) is 78.1 Å². The van der Waals surface area contributed by atoms with Crippen molar-refractivity contribution in [2.75, 3.05) is 20.2 Å². The summed E-state index contributed by atoms with van der Waals surface area (Å²) in [4.78, 5) is 13.8. The van der Waals surface area contributed by atoms with Gasteiger partial charge in [-0.2, -0.15) is 5.10 Å². The maximum atomic E-state index is 11.5. The number of aromatic nitrogens is 5. The molecule has 0 spiro atoms. The van der Waals surface area contributed by atoms with Crippen molar-refractivity contribution in [1.29, 1.82) is 0 Å². The number of hydrogen-bond donors (Lipinski definition) is 0. The first-order valence-electron chi connectivity index (χ1n) is 7.47. The Labute approximate surface area is 139 Å². The van der Waals surface area contributed by atoms with Gasteiger partial charge >= 0.3 is 5.97 Å². The number of esters is 1. The first-order chi connectivity index (χ1) is 11.1. The van der Waals surface area contributed by atoms with Crippen molar-refractivity contribution in [2.24, 2.45) is 7.05 Å². The monoisotopic (exact) mass is 338 g/mol. The van der Waals surface area contributed by atoms with Gasteiger partial charge in [0.1, 0.15) is 0 Å². The Balaban J connectivity index is 1.68. The minimum absolute atomic E-state index is 0.182. The van der Waals surface area contributed by atoms with Crippen LogP contribution in [0.4, 0.5) is 0 Å². The van der Waals surface area contributed by atoms with E-state index in [1.807, 2.05) is 7.05 Å². The predicted octanol–water partition coefficient (Wildman–Crippen LogP) is 1.29. The summed E-state index contributed by atoms with van der Waals surface area (Å²) >= 11 is 6.18. The Bertz CT molecular complexity index is 678. The molecule has 0 bridgehead atoms. The first kappa shape index (κ1) is 15.9. The number of ether oxygens (including phenoxy) is 1. The largest absolute Gasteiger partial charge is 0.464 e. The van der Waals surface area contributed by atoms with Crippen LogP contribution in [0.5, 0.6) is 0 Å². The summed E-state index contributed by atoms with van der Waals surface area (Å²) in [6, 6.07) is 0.182. The van der Waals surface area contributed by atoms with Gasteiger partial charge in [0, 0.05) is 20.1 Å². The average Bonchev–Trinajstić information content (AvgIpc) is 3.17. The van der Waals surface area contributed by atoms with Crippen molar-refractivity contribution in [3.8, 4) is 0 Å². The van der Waals surface area contributed by atoms with E-state index in [-0.39, 0.29) is 11.7 Å². The van der Waals surface area contributed by atoms with Crippen molar-refractivity contribution in [1.82, 2.24) is 29.7 Å². The molecule has 0 aliphatic carbocycles. The molecule has 1 fully saturated rings. The Morgan fingerprint density at radius 2 is 2.35 bits per heavy atom. The fraction of sp³-hybridized carbons (Fsp3) is 0.571. The van der Waals surface area contributed by atoms with Gasteiger partial charge in [0.05, 0.1) is 36.3 Å². The van der Waals surface area contributed by atoms with Gasteiger partial charge in [-0.1, -0.05) is 16.8 Å². The summed E-state index contributed by atoms with van der Waals surface area (Å²) < 4.78 is 8.22. The molecule has 1 saturated heterocycles. The lowest BCUT2D eigenvalue weighted by atomic mass is 10.1. The van der Waals surface area contributed by atoms with Crippen LogP contribution in [0, 0.1) is 0 Å². The van der Waals surface area contributed by atoms with Crippen LogP contribution >= 0.6 is 11.6 Å². The normalized spacial score (nSPS) is 19.0. The number of piperidine rings is 1. The van der Waals surface area contributed by atoms with E-state index in [1.54, 1.807) is 21.8 Å². The molecule has 0 radical (unpaired) electrons. The van der Waals surface area contributed by atoms with Crippen molar-refractivity contribution in [2.45, 2.75) is 25.4 Å². The van der Waals surface area contributed by atoms with Gasteiger partial charge in [0.2, 0.25) is 0 Å². The lowest BCUT2D eigenvalue weighted by molar-refractivity contribution is 0.0594. The van der Waals surface area contributed by atoms with Crippen molar-refractivity contribution in [3.05, 3.63) is 28.8 Å². The molecular formula is C14H19ClN6O2. The number of aryl methyl sites for hydroxylation is 1. The second-order valence-electron chi connectivity index (χ2n) is 5.67. The van der Waals surface area contributed by atoms with E-state index in [4.69, 9.17) is 11.6 Å². The fourth-order valence-electron chi connectivity index (χ4n) is 2.87. The van der Waals surface area contributed by atoms with E-state index in [0.717, 1.165) is 38.2 Å². The smallest absolute Gasteiger partial charge is 0.360 e. The maximum absolute atomic E-state index is 11.5. The van der Waals surface area contributed by atoms with E-state index in [2.05, 4.69) is 25.0 Å². The fourth-order valence-corrected chi connectivity index (χ4v) is 3.10. The summed E-state index contributed by atoms with van der Waals surface area (Å²) in [6.07, 6.45) is 5.36. The second kappa shape index (κ2) is 6.67. The van der Waals surface area contributed by atoms with E-state index in [1.165, 1.54) is 7.11 Å². The van der Waals surface area contributed by atoms with Crippen molar-refractivity contribution < 1.29 is 9.53 Å². The molecule has 1 aliphatic rings. The summed E-state index contributed by atoms with van der Waals surface area (Å²) in [7, 11) is 3.23. The zero-order valence-electron chi connectivity index (χ0n) is 13.1. The van der Waals surface area contributed by atoms with Gasteiger partial charge < -0.3 is 4.74 Å². The van der Waals surface area contributed by atoms with Crippen LogP contribution in [0.15, 0.2) is 12.4 Å². The highest BCUT2D eigenvalue weighted by molar-refractivity contribution is 6.31. The third-order valence-electron chi connectivity index (χ3n) is 4.14. The van der Waals surface area contributed by atoms with Gasteiger partial charge in [-0.15, -0.1) is 5.10 Å². The summed E-state index contributed by atoms with van der Waals surface area (Å²) in [5, 5.41) is 12.8. The van der Waals surface area contributed by atoms with Crippen LogP contribution in [-0.4, -0.2) is 55.8 Å². The summed E-state index contributed by atoms with van der Waals surface area (Å²) in [5.74, 6) is -0.467. The zero-order valence-corrected chi connectivity index (χ0v) is 13.9. The molecule has 23 heavy (non-hydrogen) atoms. The van der Waals surface area contributed by atoms with Crippen LogP contribution in [-0.2, 0) is 18.3 Å². The van der Waals surface area contributed by atoms with E-state index in [9.17, 15) is 4.79 Å². The number of nitrogens with zero attached hydrogens (tertiary/aromatic N) is 6. The molecule has 3 heterocycles.